The van der Waals surface area contributed by atoms with Crippen molar-refractivity contribution in [1.29, 1.82) is 0 Å². The quantitative estimate of drug-likeness (QED) is 0.443. The molecule has 0 N–H and O–H groups in total. The normalized spacial score (nSPS) is 11.7. The molecular weight excluding hydrogens is 262 g/mol. The average Bonchev–Trinajstić information content (AvgIpc) is 2.26. The minimum Gasteiger partial charge on any atom is -0.503 e. The molecule has 0 saturated heterocycles. The first-order chi connectivity index (χ1) is 8.55. The van der Waals surface area contributed by atoms with Gasteiger partial charge >= 0.3 is 12.1 Å². The van der Waals surface area contributed by atoms with Crippen molar-refractivity contribution in [2.45, 2.75) is 38.9 Å². The van der Waals surface area contributed by atoms with E-state index in [-0.39, 0.29) is 18.1 Å². The lowest BCUT2D eigenvalue weighted by atomic mass is 10.2. The van der Waals surface area contributed by atoms with Crippen LogP contribution in [0.15, 0.2) is 12.7 Å². The third kappa shape index (κ3) is 5.46. The van der Waals surface area contributed by atoms with Crippen LogP contribution in [0.25, 0.3) is 0 Å². The van der Waals surface area contributed by atoms with Gasteiger partial charge in [0.1, 0.15) is 6.54 Å². The second-order valence-corrected chi connectivity index (χ2v) is 10.6. The van der Waals surface area contributed by atoms with Gasteiger partial charge in [-0.2, -0.15) is 0 Å². The zero-order valence-corrected chi connectivity index (χ0v) is 13.8. The predicted octanol–water partition coefficient (Wildman–Crippen LogP) is 2.79. The van der Waals surface area contributed by atoms with Gasteiger partial charge in [-0.15, -0.1) is 6.58 Å². The van der Waals surface area contributed by atoms with Crippen LogP contribution in [0, 0.1) is 0 Å². The van der Waals surface area contributed by atoms with E-state index in [0.29, 0.717) is 0 Å². The van der Waals surface area contributed by atoms with Gasteiger partial charge in [-0.25, -0.2) is 4.79 Å². The highest BCUT2D eigenvalue weighted by molar-refractivity contribution is 6.75. The summed E-state index contributed by atoms with van der Waals surface area (Å²) in [4.78, 5) is 24.7. The molecule has 0 fully saturated rings. The number of nitrogens with zero attached hydrogens (tertiary/aromatic N) is 1. The Labute approximate surface area is 116 Å². The number of amides is 1. The van der Waals surface area contributed by atoms with Gasteiger partial charge in [0.05, 0.1) is 7.11 Å². The zero-order chi connectivity index (χ0) is 15.3. The molecule has 0 aromatic carbocycles. The van der Waals surface area contributed by atoms with Crippen LogP contribution in [0.2, 0.25) is 18.1 Å². The van der Waals surface area contributed by atoms with Crippen molar-refractivity contribution in [3.8, 4) is 0 Å². The number of hydrogen-bond acceptors (Lipinski definition) is 4. The topological polar surface area (TPSA) is 55.8 Å². The maximum Gasteiger partial charge on any atom is 0.397 e. The van der Waals surface area contributed by atoms with Crippen LogP contribution in [-0.2, 0) is 14.0 Å². The van der Waals surface area contributed by atoms with Crippen molar-refractivity contribution in [1.82, 2.24) is 4.90 Å². The number of esters is 1. The van der Waals surface area contributed by atoms with Crippen LogP contribution in [0.1, 0.15) is 20.8 Å². The highest BCUT2D eigenvalue weighted by Crippen LogP contribution is 2.36. The van der Waals surface area contributed by atoms with Gasteiger partial charge in [0.25, 0.3) is 8.32 Å². The molecule has 0 radical (unpaired) electrons. The van der Waals surface area contributed by atoms with Gasteiger partial charge in [0.15, 0.2) is 0 Å². The van der Waals surface area contributed by atoms with Crippen LogP contribution in [0.3, 0.4) is 0 Å². The van der Waals surface area contributed by atoms with Crippen LogP contribution < -0.4 is 0 Å². The van der Waals surface area contributed by atoms with Crippen molar-refractivity contribution >= 4 is 20.4 Å². The predicted molar refractivity (Wildman–Crippen MR) is 77.5 cm³/mol. The van der Waals surface area contributed by atoms with E-state index in [0.717, 1.165) is 0 Å². The molecule has 0 aliphatic heterocycles. The van der Waals surface area contributed by atoms with E-state index in [1.54, 1.807) is 6.08 Å². The molecule has 6 heteroatoms. The fraction of sp³-hybridized carbons (Fsp3) is 0.692. The number of hydrogen-bond donors (Lipinski definition) is 0. The molecule has 0 unspecified atom stereocenters. The highest BCUT2D eigenvalue weighted by atomic mass is 28.4. The Morgan fingerprint density at radius 3 is 2.21 bits per heavy atom. The standard InChI is InChI=1S/C13H25NO4Si/c1-8-9-14(10-11(15)17-5)12(16)18-19(6,7)13(2,3)4/h8H,1,9-10H2,2-7H3. The van der Waals surface area contributed by atoms with E-state index < -0.39 is 20.4 Å². The maximum atomic E-state index is 12.1. The molecule has 0 saturated carbocycles. The van der Waals surface area contributed by atoms with Crippen LogP contribution in [0.4, 0.5) is 4.79 Å². The molecule has 0 aromatic rings. The van der Waals surface area contributed by atoms with E-state index in [1.807, 2.05) is 33.9 Å². The van der Waals surface area contributed by atoms with Crippen molar-refractivity contribution in [3.05, 3.63) is 12.7 Å². The minimum absolute atomic E-state index is 0.0756. The summed E-state index contributed by atoms with van der Waals surface area (Å²) in [5.41, 5.74) is 0. The first-order valence-corrected chi connectivity index (χ1v) is 9.11. The maximum absolute atomic E-state index is 12.1. The molecular formula is C13H25NO4Si. The van der Waals surface area contributed by atoms with E-state index in [1.165, 1.54) is 12.0 Å². The average molecular weight is 287 g/mol. The van der Waals surface area contributed by atoms with E-state index >= 15 is 0 Å². The Morgan fingerprint density at radius 2 is 1.84 bits per heavy atom. The van der Waals surface area contributed by atoms with E-state index in [2.05, 4.69) is 11.3 Å². The number of ether oxygens (including phenoxy) is 1. The lowest BCUT2D eigenvalue weighted by Gasteiger charge is -2.36. The highest BCUT2D eigenvalue weighted by Gasteiger charge is 2.41. The van der Waals surface area contributed by atoms with Crippen LogP contribution >= 0.6 is 0 Å². The SMILES string of the molecule is C=CCN(CC(=O)OC)C(=O)O[Si](C)(C)C(C)(C)C. The lowest BCUT2D eigenvalue weighted by molar-refractivity contribution is -0.141. The van der Waals surface area contributed by atoms with Crippen molar-refractivity contribution in [3.63, 3.8) is 0 Å². The molecule has 0 aromatic heterocycles. The Balaban J connectivity index is 4.83. The molecule has 0 bridgehead atoms. The zero-order valence-electron chi connectivity index (χ0n) is 12.8. The number of rotatable bonds is 5. The Morgan fingerprint density at radius 1 is 1.32 bits per heavy atom. The van der Waals surface area contributed by atoms with Crippen molar-refractivity contribution in [2.75, 3.05) is 20.2 Å². The van der Waals surface area contributed by atoms with Gasteiger partial charge in [0.2, 0.25) is 0 Å². The van der Waals surface area contributed by atoms with Crippen molar-refractivity contribution in [2.24, 2.45) is 0 Å². The van der Waals surface area contributed by atoms with Gasteiger partial charge in [0, 0.05) is 6.54 Å². The molecule has 110 valence electrons. The molecule has 0 heterocycles. The van der Waals surface area contributed by atoms with Crippen LogP contribution in [0.5, 0.6) is 0 Å². The third-order valence-electron chi connectivity index (χ3n) is 3.30. The smallest absolute Gasteiger partial charge is 0.397 e. The summed E-state index contributed by atoms with van der Waals surface area (Å²) in [7, 11) is -0.913. The number of carbonyl (C=O) groups is 2. The number of methoxy groups -OCH3 is 1. The first kappa shape index (κ1) is 17.7. The summed E-state index contributed by atoms with van der Waals surface area (Å²) >= 11 is 0. The fourth-order valence-corrected chi connectivity index (χ4v) is 1.89. The summed E-state index contributed by atoms with van der Waals surface area (Å²) in [6.45, 7) is 13.8. The summed E-state index contributed by atoms with van der Waals surface area (Å²) < 4.78 is 10.2. The van der Waals surface area contributed by atoms with Gasteiger partial charge < -0.3 is 9.16 Å². The van der Waals surface area contributed by atoms with Crippen molar-refractivity contribution < 1.29 is 18.8 Å². The van der Waals surface area contributed by atoms with E-state index in [9.17, 15) is 9.59 Å². The molecule has 0 spiro atoms. The Bertz CT molecular complexity index is 347. The first-order valence-electron chi connectivity index (χ1n) is 6.20. The van der Waals surface area contributed by atoms with Gasteiger partial charge in [-0.1, -0.05) is 26.8 Å². The molecule has 0 aliphatic rings. The Hall–Kier alpha value is -1.30. The second-order valence-electron chi connectivity index (χ2n) is 5.87. The molecule has 0 aliphatic carbocycles. The monoisotopic (exact) mass is 287 g/mol. The summed E-state index contributed by atoms with van der Waals surface area (Å²) in [5.74, 6) is -0.478. The summed E-state index contributed by atoms with van der Waals surface area (Å²) in [6.07, 6.45) is 1.06. The summed E-state index contributed by atoms with van der Waals surface area (Å²) in [5, 5.41) is -0.0756. The fourth-order valence-electron chi connectivity index (χ4n) is 1.02. The third-order valence-corrected chi connectivity index (χ3v) is 7.60. The van der Waals surface area contributed by atoms with Gasteiger partial charge in [-0.3, -0.25) is 9.69 Å². The second kappa shape index (κ2) is 6.74. The largest absolute Gasteiger partial charge is 0.503 e. The molecule has 0 atom stereocenters. The van der Waals surface area contributed by atoms with E-state index in [4.69, 9.17) is 4.43 Å². The minimum atomic E-state index is -2.20. The molecule has 0 rings (SSSR count). The van der Waals surface area contributed by atoms with Gasteiger partial charge in [-0.05, 0) is 18.1 Å². The van der Waals surface area contributed by atoms with Crippen LogP contribution in [-0.4, -0.2) is 45.5 Å². The number of carbonyl (C=O) groups excluding carboxylic acids is 2. The molecule has 1 amide bonds. The molecule has 19 heavy (non-hydrogen) atoms. The Kier molecular flexibility index (Phi) is 6.28. The molecule has 5 nitrogen and oxygen atoms in total. The summed E-state index contributed by atoms with van der Waals surface area (Å²) in [6, 6.07) is 0. The lowest BCUT2D eigenvalue weighted by Crippen LogP contribution is -2.47.